The summed E-state index contributed by atoms with van der Waals surface area (Å²) >= 11 is 0. The third-order valence-corrected chi connectivity index (χ3v) is 3.27. The van der Waals surface area contributed by atoms with Gasteiger partial charge in [-0.2, -0.15) is 0 Å². The van der Waals surface area contributed by atoms with E-state index < -0.39 is 0 Å². The Labute approximate surface area is 109 Å². The van der Waals surface area contributed by atoms with E-state index in [9.17, 15) is 0 Å². The molecule has 3 heteroatoms. The van der Waals surface area contributed by atoms with E-state index in [4.69, 9.17) is 9.47 Å². The van der Waals surface area contributed by atoms with Gasteiger partial charge < -0.3 is 14.8 Å². The molecule has 0 bridgehead atoms. The summed E-state index contributed by atoms with van der Waals surface area (Å²) < 4.78 is 11.6. The third-order valence-electron chi connectivity index (χ3n) is 3.27. The van der Waals surface area contributed by atoms with Crippen molar-refractivity contribution in [2.75, 3.05) is 13.2 Å². The molecule has 0 saturated heterocycles. The van der Waals surface area contributed by atoms with Gasteiger partial charge in [0.05, 0.1) is 12.6 Å². The van der Waals surface area contributed by atoms with Gasteiger partial charge in [0.25, 0.3) is 0 Å². The highest BCUT2D eigenvalue weighted by Crippen LogP contribution is 2.40. The fourth-order valence-corrected chi connectivity index (χ4v) is 2.54. The maximum atomic E-state index is 6.03. The van der Waals surface area contributed by atoms with Gasteiger partial charge in [0.1, 0.15) is 17.6 Å². The van der Waals surface area contributed by atoms with Crippen LogP contribution in [0.4, 0.5) is 0 Å². The second-order valence-electron chi connectivity index (χ2n) is 4.61. The highest BCUT2D eigenvalue weighted by atomic mass is 16.5. The van der Waals surface area contributed by atoms with Gasteiger partial charge in [0.2, 0.25) is 0 Å². The first-order chi connectivity index (χ1) is 8.80. The summed E-state index contributed by atoms with van der Waals surface area (Å²) in [5.74, 6) is 1.93. The summed E-state index contributed by atoms with van der Waals surface area (Å²) in [5.41, 5.74) is 1.24. The molecular formula is C15H23NO2. The molecule has 2 rings (SSSR count). The molecule has 0 fully saturated rings. The van der Waals surface area contributed by atoms with Gasteiger partial charge in [-0.05, 0) is 38.1 Å². The quantitative estimate of drug-likeness (QED) is 0.839. The van der Waals surface area contributed by atoms with E-state index in [1.165, 1.54) is 5.56 Å². The molecule has 1 aliphatic heterocycles. The van der Waals surface area contributed by atoms with Gasteiger partial charge in [-0.15, -0.1) is 0 Å². The van der Waals surface area contributed by atoms with E-state index in [1.807, 2.05) is 19.1 Å². The van der Waals surface area contributed by atoms with Crippen LogP contribution in [0.2, 0.25) is 0 Å². The molecule has 0 aliphatic carbocycles. The van der Waals surface area contributed by atoms with E-state index in [2.05, 4.69) is 25.2 Å². The first-order valence-corrected chi connectivity index (χ1v) is 6.96. The van der Waals surface area contributed by atoms with E-state index in [0.717, 1.165) is 30.9 Å². The van der Waals surface area contributed by atoms with E-state index in [0.29, 0.717) is 12.6 Å². The van der Waals surface area contributed by atoms with Crippen molar-refractivity contribution >= 4 is 0 Å². The molecule has 0 radical (unpaired) electrons. The fourth-order valence-electron chi connectivity index (χ4n) is 2.54. The number of benzene rings is 1. The van der Waals surface area contributed by atoms with Crippen molar-refractivity contribution in [2.45, 2.75) is 45.8 Å². The summed E-state index contributed by atoms with van der Waals surface area (Å²) in [6.07, 6.45) is 2.47. The van der Waals surface area contributed by atoms with Crippen molar-refractivity contribution in [1.29, 1.82) is 0 Å². The maximum absolute atomic E-state index is 6.03. The molecule has 1 aromatic rings. The van der Waals surface area contributed by atoms with Gasteiger partial charge in [-0.1, -0.05) is 20.3 Å². The SMILES string of the molecule is CCCC1Oc2ccc(OCC)cc2C1NCC. The van der Waals surface area contributed by atoms with E-state index in [1.54, 1.807) is 0 Å². The normalized spacial score (nSPS) is 21.5. The molecule has 0 amide bonds. The minimum Gasteiger partial charge on any atom is -0.494 e. The molecule has 2 atom stereocenters. The number of rotatable bonds is 6. The number of hydrogen-bond donors (Lipinski definition) is 1. The van der Waals surface area contributed by atoms with Crippen LogP contribution >= 0.6 is 0 Å². The summed E-state index contributed by atoms with van der Waals surface area (Å²) in [6.45, 7) is 7.98. The molecule has 0 saturated carbocycles. The number of hydrogen-bond acceptors (Lipinski definition) is 3. The molecule has 1 aromatic carbocycles. The van der Waals surface area contributed by atoms with E-state index >= 15 is 0 Å². The predicted octanol–water partition coefficient (Wildman–Crippen LogP) is 3.30. The molecule has 18 heavy (non-hydrogen) atoms. The second kappa shape index (κ2) is 6.10. The predicted molar refractivity (Wildman–Crippen MR) is 73.4 cm³/mol. The lowest BCUT2D eigenvalue weighted by molar-refractivity contribution is 0.179. The molecule has 0 spiro atoms. The smallest absolute Gasteiger partial charge is 0.125 e. The van der Waals surface area contributed by atoms with Gasteiger partial charge in [0.15, 0.2) is 0 Å². The average Bonchev–Trinajstić information content (AvgIpc) is 2.69. The van der Waals surface area contributed by atoms with Crippen LogP contribution in [0.1, 0.15) is 45.2 Å². The lowest BCUT2D eigenvalue weighted by Gasteiger charge is -2.19. The van der Waals surface area contributed by atoms with Crippen molar-refractivity contribution in [1.82, 2.24) is 5.32 Å². The van der Waals surface area contributed by atoms with Crippen molar-refractivity contribution in [3.8, 4) is 11.5 Å². The van der Waals surface area contributed by atoms with Gasteiger partial charge in [-0.25, -0.2) is 0 Å². The average molecular weight is 249 g/mol. The summed E-state index contributed by atoms with van der Waals surface area (Å²) in [7, 11) is 0. The standard InChI is InChI=1S/C15H23NO2/c1-4-7-14-15(16-5-2)12-10-11(17-6-3)8-9-13(12)18-14/h8-10,14-16H,4-7H2,1-3H3. The third kappa shape index (κ3) is 2.61. The Kier molecular flexibility index (Phi) is 4.48. The van der Waals surface area contributed by atoms with Crippen LogP contribution in [0.15, 0.2) is 18.2 Å². The zero-order valence-electron chi connectivity index (χ0n) is 11.5. The molecule has 100 valence electrons. The first-order valence-electron chi connectivity index (χ1n) is 6.96. The van der Waals surface area contributed by atoms with Crippen molar-refractivity contribution in [3.63, 3.8) is 0 Å². The van der Waals surface area contributed by atoms with Crippen LogP contribution in [0.25, 0.3) is 0 Å². The summed E-state index contributed by atoms with van der Waals surface area (Å²) in [6, 6.07) is 6.42. The van der Waals surface area contributed by atoms with Gasteiger partial charge in [-0.3, -0.25) is 0 Å². The minimum absolute atomic E-state index is 0.252. The Morgan fingerprint density at radius 1 is 1.28 bits per heavy atom. The van der Waals surface area contributed by atoms with Crippen LogP contribution in [-0.2, 0) is 0 Å². The number of nitrogens with one attached hydrogen (secondary N) is 1. The first kappa shape index (κ1) is 13.2. The number of likely N-dealkylation sites (N-methyl/N-ethyl adjacent to an activating group) is 1. The van der Waals surface area contributed by atoms with Crippen molar-refractivity contribution in [3.05, 3.63) is 23.8 Å². The van der Waals surface area contributed by atoms with Crippen LogP contribution in [0, 0.1) is 0 Å². The molecule has 1 heterocycles. The Bertz CT molecular complexity index is 392. The molecule has 1 N–H and O–H groups in total. The van der Waals surface area contributed by atoms with E-state index in [-0.39, 0.29) is 6.10 Å². The van der Waals surface area contributed by atoms with Crippen LogP contribution in [0.3, 0.4) is 0 Å². The highest BCUT2D eigenvalue weighted by Gasteiger charge is 2.33. The maximum Gasteiger partial charge on any atom is 0.125 e. The number of fused-ring (bicyclic) bond motifs is 1. The monoisotopic (exact) mass is 249 g/mol. The molecular weight excluding hydrogens is 226 g/mol. The van der Waals surface area contributed by atoms with Gasteiger partial charge in [0, 0.05) is 5.56 Å². The molecule has 1 aliphatic rings. The zero-order chi connectivity index (χ0) is 13.0. The van der Waals surface area contributed by atoms with Crippen LogP contribution < -0.4 is 14.8 Å². The lowest BCUT2D eigenvalue weighted by Crippen LogP contribution is -2.30. The molecule has 3 nitrogen and oxygen atoms in total. The topological polar surface area (TPSA) is 30.5 Å². The van der Waals surface area contributed by atoms with Gasteiger partial charge >= 0.3 is 0 Å². The summed E-state index contributed by atoms with van der Waals surface area (Å²) in [5, 5.41) is 3.52. The van der Waals surface area contributed by atoms with Crippen molar-refractivity contribution < 1.29 is 9.47 Å². The fraction of sp³-hybridized carbons (Fsp3) is 0.600. The zero-order valence-corrected chi connectivity index (χ0v) is 11.5. The molecule has 0 aromatic heterocycles. The van der Waals surface area contributed by atoms with Crippen molar-refractivity contribution in [2.24, 2.45) is 0 Å². The molecule has 2 unspecified atom stereocenters. The Morgan fingerprint density at radius 2 is 2.11 bits per heavy atom. The summed E-state index contributed by atoms with van der Waals surface area (Å²) in [4.78, 5) is 0. The van der Waals surface area contributed by atoms with Crippen LogP contribution in [0.5, 0.6) is 11.5 Å². The van der Waals surface area contributed by atoms with Crippen LogP contribution in [-0.4, -0.2) is 19.3 Å². The lowest BCUT2D eigenvalue weighted by atomic mass is 10.0. The largest absolute Gasteiger partial charge is 0.494 e. The Morgan fingerprint density at radius 3 is 2.78 bits per heavy atom. The minimum atomic E-state index is 0.252. The number of ether oxygens (including phenoxy) is 2. The Hall–Kier alpha value is -1.22. The second-order valence-corrected chi connectivity index (χ2v) is 4.61. The Balaban J connectivity index is 2.23. The highest BCUT2D eigenvalue weighted by molar-refractivity contribution is 5.45.